The largest absolute Gasteiger partial charge is 1.00 e. The third-order valence-corrected chi connectivity index (χ3v) is 7.42. The Kier molecular flexibility index (Phi) is 43.4. The molecule has 0 aliphatic carbocycles. The molecule has 0 spiro atoms. The third kappa shape index (κ3) is 34.0. The van der Waals surface area contributed by atoms with Crippen molar-refractivity contribution in [2.45, 2.75) is 55.9 Å². The predicted octanol–water partition coefficient (Wildman–Crippen LogP) is -24.5. The van der Waals surface area contributed by atoms with Gasteiger partial charge in [-0.3, -0.25) is 25.1 Å². The molecule has 2 fully saturated rings. The molecule has 0 unspecified atom stereocenters. The Morgan fingerprint density at radius 3 is 1.27 bits per heavy atom. The molecule has 0 aromatic carbocycles. The third-order valence-electron chi connectivity index (χ3n) is 4.73. The van der Waals surface area contributed by atoms with E-state index < -0.39 is 125 Å². The number of rotatable bonds is 14. The van der Waals surface area contributed by atoms with Crippen LogP contribution in [0.2, 0.25) is 0 Å². The molecule has 2 rings (SSSR count). The molecule has 2 aliphatic heterocycles. The average molecular weight is 1020 g/mol. The maximum absolute atomic E-state index is 11.3. The molecule has 2 heterocycles. The minimum absolute atomic E-state index is 0. The fourth-order valence-electron chi connectivity index (χ4n) is 3.37. The first kappa shape index (κ1) is 71.5. The Balaban J connectivity index is -0.000000387. The molecule has 270 valence electrons. The number of hydrogen-bond donors (Lipinski definition) is 0. The second-order valence-corrected chi connectivity index (χ2v) is 14.1. The summed E-state index contributed by atoms with van der Waals surface area (Å²) in [5.74, 6) is 0. The van der Waals surface area contributed by atoms with E-state index >= 15 is 0 Å². The van der Waals surface area contributed by atoms with Gasteiger partial charge in [0, 0.05) is 0 Å². The normalized spacial score (nSPS) is 26.8. The molecule has 0 aromatic heterocycles. The van der Waals surface area contributed by atoms with Crippen molar-refractivity contribution in [2.24, 2.45) is 0 Å². The van der Waals surface area contributed by atoms with E-state index in [-0.39, 0.29) is 308 Å². The Morgan fingerprint density at radius 1 is 0.549 bits per heavy atom. The average Bonchev–Trinajstić information content (AvgIpc) is 3.06. The van der Waals surface area contributed by atoms with Crippen molar-refractivity contribution in [1.29, 1.82) is 0 Å². The minimum atomic E-state index is -5.97. The minimum Gasteiger partial charge on any atom is -0.726 e. The first-order chi connectivity index (χ1) is 19.9. The maximum Gasteiger partial charge on any atom is 1.00 e. The molecule has 0 radical (unpaired) electrons. The van der Waals surface area contributed by atoms with Gasteiger partial charge in [-0.25, -0.2) is 50.5 Å². The van der Waals surface area contributed by atoms with Gasteiger partial charge in [0.1, 0.15) is 30.5 Å². The summed E-state index contributed by atoms with van der Waals surface area (Å²) in [6, 6.07) is 0. The number of hydrogen-bond acceptors (Lipinski definition) is 27. The molecule has 0 saturated carbocycles. The van der Waals surface area contributed by atoms with Crippen molar-refractivity contribution in [3.05, 3.63) is 0 Å². The summed E-state index contributed by atoms with van der Waals surface area (Å²) in [5, 5.41) is 0. The molecule has 0 N–H and O–H groups in total. The van der Waals surface area contributed by atoms with Crippen molar-refractivity contribution < 1.29 is 425 Å². The quantitative estimate of drug-likeness (QED) is 0.0885. The first-order valence-electron chi connectivity index (χ1n) is 10.5. The second-order valence-electron chi connectivity index (χ2n) is 7.90. The molecular formula is C12H18K6O27S6. The van der Waals surface area contributed by atoms with Crippen LogP contribution in [0.4, 0.5) is 0 Å². The topological polar surface area (TPSA) is 426 Å². The fourth-order valence-corrected chi connectivity index (χ4v) is 5.65. The monoisotopic (exact) mass is 1020 g/mol. The van der Waals surface area contributed by atoms with Gasteiger partial charge in [0.25, 0.3) is 0 Å². The van der Waals surface area contributed by atoms with Crippen LogP contribution in [0.5, 0.6) is 0 Å². The summed E-state index contributed by atoms with van der Waals surface area (Å²) in [7, 11) is -32.3. The van der Waals surface area contributed by atoms with E-state index in [1.165, 1.54) is 0 Å². The Hall–Kier alpha value is 8.92. The van der Waals surface area contributed by atoms with Gasteiger partial charge >= 0.3 is 308 Å². The van der Waals surface area contributed by atoms with Gasteiger partial charge in [0.15, 0.2) is 12.4 Å². The molecular weight excluding hydrogens is 1000 g/mol. The van der Waals surface area contributed by atoms with E-state index in [0.29, 0.717) is 0 Å². The van der Waals surface area contributed by atoms with E-state index in [9.17, 15) is 77.8 Å². The SMILES string of the molecule is COS(=O)(=O)[O-].C[C@H]1O[C@H](COS(=O)(=O)[O-])[C@@H](O[C@@H]2OC[C@H](OS(=O)(=O)[O-])[C@H](OS(=O)(=O)[O-])[C@H]2OS(=O)(=O)[O-])[C@@H]1OS(=O)(=O)[O-].[K+].[K+].[K+].[K+].[K+].[K+]. The Morgan fingerprint density at radius 2 is 0.922 bits per heavy atom. The zero-order chi connectivity index (χ0) is 35.4. The zero-order valence-corrected chi connectivity index (χ0v) is 51.1. The van der Waals surface area contributed by atoms with Crippen LogP contribution >= 0.6 is 0 Å². The molecule has 39 heteroatoms. The molecule has 0 aromatic rings. The van der Waals surface area contributed by atoms with Gasteiger partial charge in [-0.1, -0.05) is 0 Å². The second kappa shape index (κ2) is 30.9. The van der Waals surface area contributed by atoms with Gasteiger partial charge in [-0.2, -0.15) is 0 Å². The van der Waals surface area contributed by atoms with Crippen molar-refractivity contribution in [3.8, 4) is 0 Å². The van der Waals surface area contributed by atoms with Crippen molar-refractivity contribution >= 4 is 62.4 Å². The zero-order valence-electron chi connectivity index (χ0n) is 27.5. The summed E-state index contributed by atoms with van der Waals surface area (Å²) in [6.45, 7) is -1.54. The summed E-state index contributed by atoms with van der Waals surface area (Å²) in [4.78, 5) is 0. The number of ether oxygens (including phenoxy) is 3. The molecule has 51 heavy (non-hydrogen) atoms. The van der Waals surface area contributed by atoms with E-state index in [1.54, 1.807) is 0 Å². The van der Waals surface area contributed by atoms with Crippen LogP contribution in [0.3, 0.4) is 0 Å². The van der Waals surface area contributed by atoms with E-state index in [4.69, 9.17) is 14.2 Å². The fraction of sp³-hybridized carbons (Fsp3) is 1.00. The van der Waals surface area contributed by atoms with Gasteiger partial charge in [0.2, 0.25) is 62.4 Å². The maximum atomic E-state index is 11.3. The van der Waals surface area contributed by atoms with Crippen LogP contribution in [-0.2, 0) is 102 Å². The summed E-state index contributed by atoms with van der Waals surface area (Å²) >= 11 is 0. The Bertz CT molecular complexity index is 1670. The van der Waals surface area contributed by atoms with E-state index in [1.807, 2.05) is 0 Å². The van der Waals surface area contributed by atoms with Crippen LogP contribution in [-0.4, -0.2) is 147 Å². The molecule has 27 nitrogen and oxygen atoms in total. The van der Waals surface area contributed by atoms with Crippen LogP contribution in [0.1, 0.15) is 6.92 Å². The molecule has 2 saturated heterocycles. The summed E-state index contributed by atoms with van der Waals surface area (Å²) < 4.78 is 233. The Labute approximate surface area is 548 Å². The molecule has 0 bridgehead atoms. The summed E-state index contributed by atoms with van der Waals surface area (Å²) in [6.07, 6.45) is -18.2. The van der Waals surface area contributed by atoms with Crippen LogP contribution in [0.25, 0.3) is 0 Å². The standard InChI is InChI=1S/C11H20O23S5.CH4O4S.6K/c1-4-7(32-37(18,19)20)8(5(29-4)3-28-35(12,13)14)30-11-10(34-39(24,25)26)9(33-38(21,22)23)6(2-27-11)31-36(15,16)17;1-5-6(2,3)4;;;;;;/h4-11H,2-3H2,1H3,(H,12,13,14)(H,15,16,17)(H,18,19,20)(H,21,22,23)(H,24,25,26);1H3,(H,2,3,4);;;;;;/q;;6*+1/p-6/t4-,5-,6+,7-,8-,9+,10-,11+;;;;;;;/m1......./s1. The van der Waals surface area contributed by atoms with Crippen LogP contribution < -0.4 is 308 Å². The van der Waals surface area contributed by atoms with Crippen LogP contribution in [0.15, 0.2) is 0 Å². The molecule has 8 atom stereocenters. The van der Waals surface area contributed by atoms with Gasteiger partial charge in [-0.05, 0) is 6.92 Å². The van der Waals surface area contributed by atoms with Gasteiger partial charge in [-0.15, -0.1) is 0 Å². The van der Waals surface area contributed by atoms with Crippen molar-refractivity contribution in [1.82, 2.24) is 0 Å². The van der Waals surface area contributed by atoms with Gasteiger partial charge < -0.3 is 41.5 Å². The molecule has 0 amide bonds. The van der Waals surface area contributed by atoms with Crippen molar-refractivity contribution in [2.75, 3.05) is 20.3 Å². The van der Waals surface area contributed by atoms with E-state index in [2.05, 4.69) is 25.1 Å². The smallest absolute Gasteiger partial charge is 0.726 e. The van der Waals surface area contributed by atoms with E-state index in [0.717, 1.165) is 14.0 Å². The predicted molar refractivity (Wildman–Crippen MR) is 120 cm³/mol. The first-order valence-corrected chi connectivity index (χ1v) is 18.5. The van der Waals surface area contributed by atoms with Crippen molar-refractivity contribution in [3.63, 3.8) is 0 Å². The molecule has 2 aliphatic rings. The van der Waals surface area contributed by atoms with Crippen LogP contribution in [0, 0.1) is 0 Å². The van der Waals surface area contributed by atoms with Gasteiger partial charge in [0.05, 0.1) is 26.4 Å². The summed E-state index contributed by atoms with van der Waals surface area (Å²) in [5.41, 5.74) is 0.